The van der Waals surface area contributed by atoms with Gasteiger partial charge in [-0.3, -0.25) is 9.59 Å². The first kappa shape index (κ1) is 27.8. The third kappa shape index (κ3) is 5.13. The van der Waals surface area contributed by atoms with Crippen LogP contribution < -0.4 is 10.6 Å². The predicted octanol–water partition coefficient (Wildman–Crippen LogP) is 5.86. The van der Waals surface area contributed by atoms with Crippen LogP contribution in [0.2, 0.25) is 15.5 Å². The van der Waals surface area contributed by atoms with E-state index in [1.165, 1.54) is 12.2 Å². The number of halogens is 11. The van der Waals surface area contributed by atoms with E-state index in [-0.39, 0.29) is 5.69 Å². The molecule has 0 aliphatic heterocycles. The average Bonchev–Trinajstić information content (AvgIpc) is 2.65. The second-order valence-corrected chi connectivity index (χ2v) is 7.69. The number of nitrogens with zero attached hydrogens (tertiary/aromatic N) is 2. The maximum absolute atomic E-state index is 14.1. The summed E-state index contributed by atoms with van der Waals surface area (Å²) in [6.07, 6.45) is 0. The summed E-state index contributed by atoms with van der Waals surface area (Å²) in [5.74, 6) is -33.2. The van der Waals surface area contributed by atoms with Gasteiger partial charge in [0, 0.05) is 17.1 Å². The highest BCUT2D eigenvalue weighted by Gasteiger charge is 2.84. The molecule has 0 saturated heterocycles. The molecule has 2 amide bonds. The zero-order valence-electron chi connectivity index (χ0n) is 16.2. The second kappa shape index (κ2) is 9.30. The Kier molecular flexibility index (Phi) is 7.60. The SMILES string of the molecule is Cc1cc(NC(=O)C(F)(F)C(F)(F)C(F)(F)C(F)(F)C(=O)Nc2cc(Cl)nc(Cl)c2)cc(Cl)n1. The lowest BCUT2D eigenvalue weighted by Crippen LogP contribution is -2.67. The zero-order chi connectivity index (χ0) is 26.3. The molecule has 0 radical (unpaired) electrons. The van der Waals surface area contributed by atoms with Crippen molar-refractivity contribution in [1.82, 2.24) is 9.97 Å². The molecule has 0 saturated carbocycles. The number of nitrogens with one attached hydrogen (secondary N) is 2. The topological polar surface area (TPSA) is 84.0 Å². The van der Waals surface area contributed by atoms with Gasteiger partial charge >= 0.3 is 35.5 Å². The molecule has 2 aromatic rings. The molecule has 2 heterocycles. The molecular formula is C17H9Cl3F8N4O2. The smallest absolute Gasteiger partial charge is 0.320 e. The maximum atomic E-state index is 14.1. The first-order valence-electron chi connectivity index (χ1n) is 8.44. The lowest BCUT2D eigenvalue weighted by Gasteiger charge is -2.35. The molecule has 0 fully saturated rings. The number of aryl methyl sites for hydroxylation is 1. The molecule has 0 bridgehead atoms. The van der Waals surface area contributed by atoms with Gasteiger partial charge in [-0.2, -0.15) is 35.1 Å². The van der Waals surface area contributed by atoms with Crippen LogP contribution >= 0.6 is 34.8 Å². The van der Waals surface area contributed by atoms with Gasteiger partial charge in [-0.25, -0.2) is 9.97 Å². The molecule has 0 unspecified atom stereocenters. The van der Waals surface area contributed by atoms with Gasteiger partial charge in [-0.05, 0) is 31.2 Å². The zero-order valence-corrected chi connectivity index (χ0v) is 18.4. The van der Waals surface area contributed by atoms with Crippen molar-refractivity contribution >= 4 is 58.0 Å². The van der Waals surface area contributed by atoms with Crippen molar-refractivity contribution in [3.8, 4) is 0 Å². The highest BCUT2D eigenvalue weighted by Crippen LogP contribution is 2.53. The molecule has 0 aliphatic carbocycles. The molecule has 0 aromatic carbocycles. The number of rotatable bonds is 7. The second-order valence-electron chi connectivity index (χ2n) is 6.53. The van der Waals surface area contributed by atoms with E-state index in [1.807, 2.05) is 0 Å². The summed E-state index contributed by atoms with van der Waals surface area (Å²) in [6.45, 7) is 1.25. The molecule has 2 rings (SSSR count). The summed E-state index contributed by atoms with van der Waals surface area (Å²) >= 11 is 16.4. The molecule has 0 spiro atoms. The molecule has 0 atom stereocenters. The highest BCUT2D eigenvalue weighted by molar-refractivity contribution is 6.33. The van der Waals surface area contributed by atoms with Crippen LogP contribution in [0.15, 0.2) is 24.3 Å². The van der Waals surface area contributed by atoms with E-state index in [2.05, 4.69) is 9.97 Å². The van der Waals surface area contributed by atoms with Crippen LogP contribution in [-0.4, -0.2) is 45.5 Å². The number of anilines is 2. The van der Waals surface area contributed by atoms with Crippen LogP contribution in [0.3, 0.4) is 0 Å². The quantitative estimate of drug-likeness (QED) is 0.329. The molecule has 2 aromatic heterocycles. The number of hydrogen-bond acceptors (Lipinski definition) is 4. The largest absolute Gasteiger partial charge is 0.393 e. The van der Waals surface area contributed by atoms with Gasteiger partial charge in [0.1, 0.15) is 15.5 Å². The summed E-state index contributed by atoms with van der Waals surface area (Å²) in [4.78, 5) is 30.3. The monoisotopic (exact) mass is 558 g/mol. The first-order chi connectivity index (χ1) is 15.3. The Labute approximate surface area is 199 Å². The number of carbonyl (C=O) groups excluding carboxylic acids is 2. The Bertz CT molecular complexity index is 1010. The average molecular weight is 560 g/mol. The number of pyridine rings is 2. The Hall–Kier alpha value is -2.45. The van der Waals surface area contributed by atoms with Crippen molar-refractivity contribution in [2.24, 2.45) is 0 Å². The molecule has 0 aliphatic rings. The van der Waals surface area contributed by atoms with Gasteiger partial charge in [0.2, 0.25) is 0 Å². The Morgan fingerprint density at radius 2 is 1.00 bits per heavy atom. The number of alkyl halides is 8. The van der Waals surface area contributed by atoms with E-state index in [4.69, 9.17) is 34.8 Å². The fourth-order valence-electron chi connectivity index (χ4n) is 2.34. The Balaban J connectivity index is 2.36. The van der Waals surface area contributed by atoms with Crippen molar-refractivity contribution in [3.63, 3.8) is 0 Å². The summed E-state index contributed by atoms with van der Waals surface area (Å²) < 4.78 is 113. The number of amides is 2. The first-order valence-corrected chi connectivity index (χ1v) is 9.57. The molecule has 6 nitrogen and oxygen atoms in total. The molecule has 17 heteroatoms. The lowest BCUT2D eigenvalue weighted by molar-refractivity contribution is -0.345. The summed E-state index contributed by atoms with van der Waals surface area (Å²) in [7, 11) is 0. The van der Waals surface area contributed by atoms with Crippen LogP contribution in [0, 0.1) is 6.92 Å². The lowest BCUT2D eigenvalue weighted by atomic mass is 9.97. The van der Waals surface area contributed by atoms with Crippen LogP contribution in [0.1, 0.15) is 5.69 Å². The number of hydrogen-bond donors (Lipinski definition) is 2. The minimum absolute atomic E-state index is 0.00253. The van der Waals surface area contributed by atoms with Crippen LogP contribution in [-0.2, 0) is 9.59 Å². The van der Waals surface area contributed by atoms with Crippen LogP contribution in [0.4, 0.5) is 46.5 Å². The van der Waals surface area contributed by atoms with Gasteiger partial charge in [-0.15, -0.1) is 0 Å². The predicted molar refractivity (Wildman–Crippen MR) is 105 cm³/mol. The van der Waals surface area contributed by atoms with Crippen LogP contribution in [0.5, 0.6) is 0 Å². The Morgan fingerprint density at radius 1 is 0.676 bits per heavy atom. The molecule has 186 valence electrons. The molecule has 2 N–H and O–H groups in total. The fraction of sp³-hybridized carbons (Fsp3) is 0.294. The number of carbonyl (C=O) groups is 2. The van der Waals surface area contributed by atoms with Gasteiger partial charge < -0.3 is 10.6 Å². The molecular weight excluding hydrogens is 551 g/mol. The van der Waals surface area contributed by atoms with E-state index in [9.17, 15) is 44.7 Å². The van der Waals surface area contributed by atoms with Crippen LogP contribution in [0.25, 0.3) is 0 Å². The van der Waals surface area contributed by atoms with Gasteiger partial charge in [-0.1, -0.05) is 34.8 Å². The van der Waals surface area contributed by atoms with E-state index >= 15 is 0 Å². The van der Waals surface area contributed by atoms with E-state index < -0.39 is 62.3 Å². The standard InChI is InChI=1S/C17H9Cl3F8N4O2/c1-6-2-7(3-9(18)29-6)30-12(33)14(21,22)16(25,26)17(27,28)15(23,24)13(34)31-8-4-10(19)32-11(20)5-8/h2-5H,1H3,(H,29,30,33)(H,31,32,34). The van der Waals surface area contributed by atoms with E-state index in [0.717, 1.165) is 11.4 Å². The van der Waals surface area contributed by atoms with Crippen molar-refractivity contribution < 1.29 is 44.7 Å². The van der Waals surface area contributed by atoms with Gasteiger partial charge in [0.15, 0.2) is 0 Å². The third-order valence-electron chi connectivity index (χ3n) is 3.95. The fourth-order valence-corrected chi connectivity index (χ4v) is 3.05. The summed E-state index contributed by atoms with van der Waals surface area (Å²) in [5.41, 5.74) is -1.46. The van der Waals surface area contributed by atoms with Crippen molar-refractivity contribution in [2.75, 3.05) is 10.6 Å². The van der Waals surface area contributed by atoms with Gasteiger partial charge in [0.25, 0.3) is 0 Å². The van der Waals surface area contributed by atoms with Crippen molar-refractivity contribution in [2.45, 2.75) is 30.6 Å². The number of aromatic nitrogens is 2. The van der Waals surface area contributed by atoms with Gasteiger partial charge in [0.05, 0.1) is 0 Å². The molecule has 34 heavy (non-hydrogen) atoms. The minimum atomic E-state index is -7.07. The highest BCUT2D eigenvalue weighted by atomic mass is 35.5. The normalized spacial score (nSPS) is 12.9. The summed E-state index contributed by atoms with van der Waals surface area (Å²) in [5, 5.41) is 0.838. The van der Waals surface area contributed by atoms with E-state index in [0.29, 0.717) is 18.2 Å². The van der Waals surface area contributed by atoms with Crippen molar-refractivity contribution in [3.05, 3.63) is 45.4 Å². The third-order valence-corrected chi connectivity index (χ3v) is 4.53. The maximum Gasteiger partial charge on any atom is 0.393 e. The Morgan fingerprint density at radius 3 is 1.35 bits per heavy atom. The van der Waals surface area contributed by atoms with Crippen molar-refractivity contribution in [1.29, 1.82) is 0 Å². The minimum Gasteiger partial charge on any atom is -0.320 e. The van der Waals surface area contributed by atoms with E-state index in [1.54, 1.807) is 0 Å². The summed E-state index contributed by atoms with van der Waals surface area (Å²) in [6, 6.07) is 2.80.